The molecule has 1 aliphatic rings. The van der Waals surface area contributed by atoms with E-state index >= 15 is 0 Å². The lowest BCUT2D eigenvalue weighted by Crippen LogP contribution is -2.27. The molecule has 1 fully saturated rings. The molecule has 0 aromatic heterocycles. The second kappa shape index (κ2) is 5.02. The Balaban J connectivity index is 2.02. The van der Waals surface area contributed by atoms with Crippen LogP contribution in [-0.2, 0) is 6.54 Å². The highest BCUT2D eigenvalue weighted by Gasteiger charge is 2.27. The fourth-order valence-corrected chi connectivity index (χ4v) is 2.03. The van der Waals surface area contributed by atoms with Crippen molar-refractivity contribution in [3.05, 3.63) is 38.9 Å². The standard InChI is InChI=1S/C12H15ClN2O2/c1-8(9-2-3-9)14-7-10-6-11(15(16)17)4-5-12(10)13/h4-6,8-9,14H,2-3,7H2,1H3. The van der Waals surface area contributed by atoms with Gasteiger partial charge in [0.25, 0.3) is 5.69 Å². The van der Waals surface area contributed by atoms with Gasteiger partial charge in [0.05, 0.1) is 4.92 Å². The second-order valence-electron chi connectivity index (χ2n) is 4.54. The summed E-state index contributed by atoms with van der Waals surface area (Å²) in [6.07, 6.45) is 2.55. The third kappa shape index (κ3) is 3.17. The van der Waals surface area contributed by atoms with Crippen LogP contribution in [0.2, 0.25) is 5.02 Å². The molecule has 0 heterocycles. The van der Waals surface area contributed by atoms with Crippen molar-refractivity contribution in [3.63, 3.8) is 0 Å². The van der Waals surface area contributed by atoms with Crippen LogP contribution in [-0.4, -0.2) is 11.0 Å². The quantitative estimate of drug-likeness (QED) is 0.649. The van der Waals surface area contributed by atoms with Gasteiger partial charge < -0.3 is 5.32 Å². The molecule has 0 amide bonds. The zero-order valence-corrected chi connectivity index (χ0v) is 10.4. The molecule has 0 saturated heterocycles. The van der Waals surface area contributed by atoms with Crippen LogP contribution in [0.5, 0.6) is 0 Å². The molecule has 1 unspecified atom stereocenters. The van der Waals surface area contributed by atoms with Crippen molar-refractivity contribution in [2.45, 2.75) is 32.4 Å². The maximum atomic E-state index is 10.7. The first kappa shape index (κ1) is 12.3. The smallest absolute Gasteiger partial charge is 0.269 e. The van der Waals surface area contributed by atoms with Crippen LogP contribution in [0.1, 0.15) is 25.3 Å². The molecule has 0 aliphatic heterocycles. The number of rotatable bonds is 5. The van der Waals surface area contributed by atoms with Gasteiger partial charge in [-0.1, -0.05) is 11.6 Å². The van der Waals surface area contributed by atoms with Crippen LogP contribution in [0.3, 0.4) is 0 Å². The lowest BCUT2D eigenvalue weighted by Gasteiger charge is -2.13. The van der Waals surface area contributed by atoms with Gasteiger partial charge in [0.2, 0.25) is 0 Å². The summed E-state index contributed by atoms with van der Waals surface area (Å²) in [6.45, 7) is 2.72. The van der Waals surface area contributed by atoms with E-state index in [9.17, 15) is 10.1 Å². The minimum Gasteiger partial charge on any atom is -0.310 e. The van der Waals surface area contributed by atoms with Gasteiger partial charge in [0.1, 0.15) is 0 Å². The molecule has 0 spiro atoms. The first-order valence-corrected chi connectivity index (χ1v) is 6.12. The third-order valence-electron chi connectivity index (χ3n) is 3.18. The van der Waals surface area contributed by atoms with Crippen molar-refractivity contribution in [2.24, 2.45) is 5.92 Å². The number of nitro groups is 1. The second-order valence-corrected chi connectivity index (χ2v) is 4.95. The van der Waals surface area contributed by atoms with E-state index in [1.165, 1.54) is 25.0 Å². The number of halogens is 1. The SMILES string of the molecule is CC(NCc1cc([N+](=O)[O-])ccc1Cl)C1CC1. The topological polar surface area (TPSA) is 55.2 Å². The predicted octanol–water partition coefficient (Wildman–Crippen LogP) is 3.14. The number of nitrogens with one attached hydrogen (secondary N) is 1. The Bertz CT molecular complexity index is 433. The van der Waals surface area contributed by atoms with E-state index in [-0.39, 0.29) is 5.69 Å². The van der Waals surface area contributed by atoms with Crippen molar-refractivity contribution in [3.8, 4) is 0 Å². The van der Waals surface area contributed by atoms with Crippen LogP contribution in [0.15, 0.2) is 18.2 Å². The number of benzene rings is 1. The fraction of sp³-hybridized carbons (Fsp3) is 0.500. The van der Waals surface area contributed by atoms with Crippen molar-refractivity contribution >= 4 is 17.3 Å². The summed E-state index contributed by atoms with van der Waals surface area (Å²) in [6, 6.07) is 4.99. The van der Waals surface area contributed by atoms with Gasteiger partial charge in [-0.15, -0.1) is 0 Å². The summed E-state index contributed by atoms with van der Waals surface area (Å²) < 4.78 is 0. The Labute approximate surface area is 105 Å². The number of hydrogen-bond donors (Lipinski definition) is 1. The molecule has 1 N–H and O–H groups in total. The average molecular weight is 255 g/mol. The van der Waals surface area contributed by atoms with Crippen LogP contribution in [0.25, 0.3) is 0 Å². The molecule has 1 aromatic rings. The summed E-state index contributed by atoms with van der Waals surface area (Å²) in [5.74, 6) is 0.757. The normalized spacial score (nSPS) is 16.8. The van der Waals surface area contributed by atoms with E-state index in [0.29, 0.717) is 17.6 Å². The predicted molar refractivity (Wildman–Crippen MR) is 67.1 cm³/mol. The molecule has 1 aromatic carbocycles. The highest BCUT2D eigenvalue weighted by Crippen LogP contribution is 2.32. The number of nitro benzene ring substituents is 1. The molecule has 0 radical (unpaired) electrons. The zero-order chi connectivity index (χ0) is 12.4. The van der Waals surface area contributed by atoms with Crippen LogP contribution in [0.4, 0.5) is 5.69 Å². The van der Waals surface area contributed by atoms with Gasteiger partial charge >= 0.3 is 0 Å². The molecule has 2 rings (SSSR count). The van der Waals surface area contributed by atoms with Crippen molar-refractivity contribution in [2.75, 3.05) is 0 Å². The molecule has 5 heteroatoms. The Hall–Kier alpha value is -1.13. The van der Waals surface area contributed by atoms with Gasteiger partial charge in [0, 0.05) is 29.7 Å². The zero-order valence-electron chi connectivity index (χ0n) is 9.65. The highest BCUT2D eigenvalue weighted by molar-refractivity contribution is 6.31. The lowest BCUT2D eigenvalue weighted by molar-refractivity contribution is -0.384. The van der Waals surface area contributed by atoms with Crippen molar-refractivity contribution in [1.29, 1.82) is 0 Å². The molecule has 1 aliphatic carbocycles. The summed E-state index contributed by atoms with van der Waals surface area (Å²) >= 11 is 6.02. The molecule has 0 bridgehead atoms. The van der Waals surface area contributed by atoms with E-state index in [1.807, 2.05) is 0 Å². The molecule has 92 valence electrons. The molecular formula is C12H15ClN2O2. The summed E-state index contributed by atoms with van der Waals surface area (Å²) in [5, 5.41) is 14.6. The third-order valence-corrected chi connectivity index (χ3v) is 3.55. The Morgan fingerprint density at radius 2 is 2.29 bits per heavy atom. The van der Waals surface area contributed by atoms with Gasteiger partial charge in [-0.25, -0.2) is 0 Å². The number of non-ortho nitro benzene ring substituents is 1. The van der Waals surface area contributed by atoms with E-state index in [0.717, 1.165) is 11.5 Å². The molecule has 17 heavy (non-hydrogen) atoms. The Morgan fingerprint density at radius 1 is 1.59 bits per heavy atom. The van der Waals surface area contributed by atoms with Gasteiger partial charge in [0.15, 0.2) is 0 Å². The largest absolute Gasteiger partial charge is 0.310 e. The van der Waals surface area contributed by atoms with Crippen LogP contribution in [0, 0.1) is 16.0 Å². The Morgan fingerprint density at radius 3 is 2.88 bits per heavy atom. The minimum absolute atomic E-state index is 0.0882. The van der Waals surface area contributed by atoms with E-state index < -0.39 is 4.92 Å². The van der Waals surface area contributed by atoms with E-state index in [2.05, 4.69) is 12.2 Å². The maximum absolute atomic E-state index is 10.7. The van der Waals surface area contributed by atoms with Crippen LogP contribution < -0.4 is 5.32 Å². The monoisotopic (exact) mass is 254 g/mol. The fourth-order valence-electron chi connectivity index (χ4n) is 1.84. The van der Waals surface area contributed by atoms with Gasteiger partial charge in [-0.3, -0.25) is 10.1 Å². The summed E-state index contributed by atoms with van der Waals surface area (Å²) in [7, 11) is 0. The summed E-state index contributed by atoms with van der Waals surface area (Å²) in [4.78, 5) is 10.3. The average Bonchev–Trinajstić information content (AvgIpc) is 3.11. The van der Waals surface area contributed by atoms with Gasteiger partial charge in [-0.05, 0) is 37.3 Å². The molecule has 4 nitrogen and oxygen atoms in total. The first-order valence-electron chi connectivity index (χ1n) is 5.74. The van der Waals surface area contributed by atoms with Crippen LogP contribution >= 0.6 is 11.6 Å². The molecule has 1 atom stereocenters. The lowest BCUT2D eigenvalue weighted by atomic mass is 10.1. The number of nitrogens with zero attached hydrogens (tertiary/aromatic N) is 1. The van der Waals surface area contributed by atoms with E-state index in [1.54, 1.807) is 6.07 Å². The minimum atomic E-state index is -0.399. The van der Waals surface area contributed by atoms with Crippen molar-refractivity contribution in [1.82, 2.24) is 5.32 Å². The molecular weight excluding hydrogens is 240 g/mol. The van der Waals surface area contributed by atoms with Crippen molar-refractivity contribution < 1.29 is 4.92 Å². The number of hydrogen-bond acceptors (Lipinski definition) is 3. The summed E-state index contributed by atoms with van der Waals surface area (Å²) in [5.41, 5.74) is 0.874. The molecule has 1 saturated carbocycles. The maximum Gasteiger partial charge on any atom is 0.269 e. The Kier molecular flexibility index (Phi) is 3.64. The van der Waals surface area contributed by atoms with Gasteiger partial charge in [-0.2, -0.15) is 0 Å². The van der Waals surface area contributed by atoms with E-state index in [4.69, 9.17) is 11.6 Å². The first-order chi connectivity index (χ1) is 8.08. The highest BCUT2D eigenvalue weighted by atomic mass is 35.5.